The van der Waals surface area contributed by atoms with Gasteiger partial charge in [-0.2, -0.15) is 0 Å². The Morgan fingerprint density at radius 2 is 1.85 bits per heavy atom. The van der Waals surface area contributed by atoms with Crippen molar-refractivity contribution in [2.75, 3.05) is 0 Å². The average Bonchev–Trinajstić information content (AvgIpc) is 2.04. The van der Waals surface area contributed by atoms with Gasteiger partial charge in [-0.05, 0) is 19.4 Å². The smallest absolute Gasteiger partial charge is 0.371 e. The van der Waals surface area contributed by atoms with Crippen LogP contribution >= 0.6 is 7.60 Å². The van der Waals surface area contributed by atoms with Gasteiger partial charge in [-0.15, -0.1) is 0 Å². The maximum Gasteiger partial charge on any atom is 0.371 e. The van der Waals surface area contributed by atoms with Crippen molar-refractivity contribution < 1.29 is 14.4 Å². The summed E-state index contributed by atoms with van der Waals surface area (Å²) < 4.78 is 10.7. The zero-order valence-corrected chi connectivity index (χ0v) is 8.33. The maximum absolute atomic E-state index is 10.7. The van der Waals surface area contributed by atoms with Gasteiger partial charge in [-0.25, -0.2) is 0 Å². The quantitative estimate of drug-likeness (QED) is 0.607. The molecule has 0 heterocycles. The molecule has 0 unspecified atom stereocenters. The Bertz CT molecular complexity index is 230. The van der Waals surface area contributed by atoms with E-state index in [-0.39, 0.29) is 11.5 Å². The molecule has 1 aliphatic rings. The summed E-state index contributed by atoms with van der Waals surface area (Å²) in [4.78, 5) is 17.4. The molecule has 0 aliphatic heterocycles. The van der Waals surface area contributed by atoms with Crippen LogP contribution in [0.15, 0.2) is 5.44 Å². The highest BCUT2D eigenvalue weighted by molar-refractivity contribution is 7.56. The predicted octanol–water partition coefficient (Wildman–Crippen LogP) is 1.36. The second-order valence-corrected chi connectivity index (χ2v) is 4.98. The number of hydrogen-bond donors (Lipinski definition) is 3. The van der Waals surface area contributed by atoms with Gasteiger partial charge in [0.25, 0.3) is 0 Å². The van der Waals surface area contributed by atoms with E-state index < -0.39 is 7.60 Å². The second kappa shape index (κ2) is 4.27. The summed E-state index contributed by atoms with van der Waals surface area (Å²) in [6.45, 7) is 5.22. The molecule has 0 aromatic heterocycles. The molecule has 13 heavy (non-hydrogen) atoms. The summed E-state index contributed by atoms with van der Waals surface area (Å²) in [5, 5.41) is 2.69. The van der Waals surface area contributed by atoms with E-state index in [0.717, 1.165) is 25.7 Å². The minimum atomic E-state index is -4.24. The molecule has 5 heteroatoms. The monoisotopic (exact) mass is 204 g/mol. The molecular weight excluding hydrogens is 189 g/mol. The topological polar surface area (TPSA) is 69.6 Å². The second-order valence-electron chi connectivity index (χ2n) is 3.41. The van der Waals surface area contributed by atoms with E-state index in [0.29, 0.717) is 0 Å². The molecule has 4 nitrogen and oxygen atoms in total. The summed E-state index contributed by atoms with van der Waals surface area (Å²) in [6, 6.07) is 0.140. The largest absolute Gasteiger partial charge is 0.376 e. The molecule has 1 radical (unpaired) electrons. The van der Waals surface area contributed by atoms with Crippen LogP contribution < -0.4 is 5.32 Å². The Labute approximate surface area is 78.2 Å². The van der Waals surface area contributed by atoms with Gasteiger partial charge in [0.15, 0.2) is 0 Å². The molecule has 0 atom stereocenters. The first-order valence-electron chi connectivity index (χ1n) is 4.45. The van der Waals surface area contributed by atoms with Crippen LogP contribution in [0.1, 0.15) is 32.1 Å². The lowest BCUT2D eigenvalue weighted by Crippen LogP contribution is -2.29. The van der Waals surface area contributed by atoms with Gasteiger partial charge in [-0.1, -0.05) is 19.3 Å². The van der Waals surface area contributed by atoms with Crippen molar-refractivity contribution in [2.45, 2.75) is 38.1 Å². The van der Waals surface area contributed by atoms with Crippen LogP contribution in [0, 0.1) is 6.58 Å². The summed E-state index contributed by atoms with van der Waals surface area (Å²) in [7, 11) is -4.24. The lowest BCUT2D eigenvalue weighted by atomic mass is 9.96. The van der Waals surface area contributed by atoms with Gasteiger partial charge in [0, 0.05) is 6.04 Å². The van der Waals surface area contributed by atoms with Crippen LogP contribution in [0.5, 0.6) is 0 Å². The molecule has 0 aromatic rings. The van der Waals surface area contributed by atoms with Crippen LogP contribution in [0.2, 0.25) is 0 Å². The van der Waals surface area contributed by atoms with Crippen molar-refractivity contribution >= 4 is 7.60 Å². The molecule has 1 aliphatic carbocycles. The fourth-order valence-corrected chi connectivity index (χ4v) is 1.89. The molecule has 0 amide bonds. The summed E-state index contributed by atoms with van der Waals surface area (Å²) >= 11 is 0. The first-order chi connectivity index (χ1) is 6.00. The van der Waals surface area contributed by atoms with Crippen LogP contribution in [-0.2, 0) is 4.57 Å². The Morgan fingerprint density at radius 3 is 2.31 bits per heavy atom. The van der Waals surface area contributed by atoms with E-state index in [2.05, 4.69) is 5.32 Å². The van der Waals surface area contributed by atoms with Crippen molar-refractivity contribution in [3.63, 3.8) is 0 Å². The molecule has 0 spiro atoms. The van der Waals surface area contributed by atoms with Gasteiger partial charge in [-0.3, -0.25) is 4.57 Å². The van der Waals surface area contributed by atoms with Crippen LogP contribution in [-0.4, -0.2) is 15.8 Å². The summed E-state index contributed by atoms with van der Waals surface area (Å²) in [5.74, 6) is 0. The van der Waals surface area contributed by atoms with E-state index >= 15 is 0 Å². The molecule has 1 saturated carbocycles. The van der Waals surface area contributed by atoms with Gasteiger partial charge >= 0.3 is 7.60 Å². The van der Waals surface area contributed by atoms with E-state index in [1.54, 1.807) is 0 Å². The molecule has 75 valence electrons. The van der Waals surface area contributed by atoms with Crippen molar-refractivity contribution in [1.82, 2.24) is 5.32 Å². The van der Waals surface area contributed by atoms with Gasteiger partial charge in [0.1, 0.15) is 5.44 Å². The molecule has 0 aromatic carbocycles. The minimum absolute atomic E-state index is 0.140. The zero-order chi connectivity index (χ0) is 9.90. The van der Waals surface area contributed by atoms with Gasteiger partial charge in [0.2, 0.25) is 0 Å². The molecule has 1 fully saturated rings. The molecule has 0 bridgehead atoms. The van der Waals surface area contributed by atoms with Crippen LogP contribution in [0.4, 0.5) is 0 Å². The fourth-order valence-electron chi connectivity index (χ4n) is 1.54. The van der Waals surface area contributed by atoms with Crippen molar-refractivity contribution in [3.8, 4) is 0 Å². The first-order valence-corrected chi connectivity index (χ1v) is 6.06. The number of hydrogen-bond acceptors (Lipinski definition) is 2. The van der Waals surface area contributed by atoms with Crippen molar-refractivity contribution in [2.24, 2.45) is 0 Å². The predicted molar refractivity (Wildman–Crippen MR) is 49.9 cm³/mol. The lowest BCUT2D eigenvalue weighted by molar-refractivity contribution is 0.362. The Kier molecular flexibility index (Phi) is 3.54. The molecule has 1 rings (SSSR count). The third-order valence-electron chi connectivity index (χ3n) is 2.27. The highest BCUT2D eigenvalue weighted by Crippen LogP contribution is 2.42. The normalized spacial score (nSPS) is 19.8. The minimum Gasteiger partial charge on any atom is -0.376 e. The molecular formula is C8H15NO3P. The first kappa shape index (κ1) is 10.8. The molecule has 3 N–H and O–H groups in total. The van der Waals surface area contributed by atoms with Gasteiger partial charge in [0.05, 0.1) is 0 Å². The third-order valence-corrected chi connectivity index (χ3v) is 3.03. The maximum atomic E-state index is 10.7. The van der Waals surface area contributed by atoms with E-state index in [4.69, 9.17) is 16.4 Å². The van der Waals surface area contributed by atoms with E-state index in [1.807, 2.05) is 0 Å². The van der Waals surface area contributed by atoms with Crippen LogP contribution in [0.3, 0.4) is 0 Å². The molecule has 0 saturated heterocycles. The SMILES string of the molecule is [CH]=C(NC1CCCCC1)P(=O)(O)O. The standard InChI is InChI=1S/C8H15NO3P/c1-7(13(10,11)12)9-8-5-3-2-4-6-8/h1,8-9H,2-6H2,(H2,10,11,12). The van der Waals surface area contributed by atoms with E-state index in [9.17, 15) is 4.57 Å². The Morgan fingerprint density at radius 1 is 1.31 bits per heavy atom. The van der Waals surface area contributed by atoms with Gasteiger partial charge < -0.3 is 15.1 Å². The average molecular weight is 204 g/mol. The number of nitrogens with one attached hydrogen (secondary N) is 1. The summed E-state index contributed by atoms with van der Waals surface area (Å²) in [5.41, 5.74) is -0.389. The lowest BCUT2D eigenvalue weighted by Gasteiger charge is -2.24. The highest BCUT2D eigenvalue weighted by Gasteiger charge is 2.22. The van der Waals surface area contributed by atoms with Crippen molar-refractivity contribution in [1.29, 1.82) is 0 Å². The van der Waals surface area contributed by atoms with Crippen LogP contribution in [0.25, 0.3) is 0 Å². The van der Waals surface area contributed by atoms with Crippen molar-refractivity contribution in [3.05, 3.63) is 12.0 Å². The van der Waals surface area contributed by atoms with E-state index in [1.165, 1.54) is 6.42 Å². The Balaban J connectivity index is 2.39. The fraction of sp³-hybridized carbons (Fsp3) is 0.750. The summed E-state index contributed by atoms with van der Waals surface area (Å²) in [6.07, 6.45) is 5.30. The third kappa shape index (κ3) is 3.51. The number of rotatable bonds is 3. The highest BCUT2D eigenvalue weighted by atomic mass is 31.2. The Hall–Kier alpha value is -0.310. The zero-order valence-electron chi connectivity index (χ0n) is 7.44.